The number of H-pyrrole nitrogens is 1. The molecular formula is C32H32N4O6. The molecule has 0 saturated heterocycles. The van der Waals surface area contributed by atoms with Gasteiger partial charge in [0.2, 0.25) is 5.78 Å². The molecule has 2 heterocycles. The molecule has 0 radical (unpaired) electrons. The van der Waals surface area contributed by atoms with E-state index in [1.807, 2.05) is 30.3 Å². The molecule has 1 aliphatic carbocycles. The number of benzene rings is 2. The number of pyridine rings is 1. The lowest BCUT2D eigenvalue weighted by atomic mass is 9.92. The number of nitrogens with one attached hydrogen (secondary N) is 3. The Balaban J connectivity index is 1.54. The Morgan fingerprint density at radius 1 is 1.10 bits per heavy atom. The maximum atomic E-state index is 13.7. The van der Waals surface area contributed by atoms with Crippen LogP contribution in [-0.4, -0.2) is 39.2 Å². The number of carbonyl (C=O) groups is 4. The molecule has 1 atom stereocenters. The lowest BCUT2D eigenvalue weighted by Crippen LogP contribution is -2.33. The Hall–Kier alpha value is -4.99. The highest BCUT2D eigenvalue weighted by Crippen LogP contribution is 2.45. The van der Waals surface area contributed by atoms with Gasteiger partial charge in [-0.2, -0.15) is 0 Å². The van der Waals surface area contributed by atoms with Crippen LogP contribution in [-0.2, 0) is 16.1 Å². The van der Waals surface area contributed by atoms with Gasteiger partial charge < -0.3 is 19.6 Å². The van der Waals surface area contributed by atoms with E-state index in [1.54, 1.807) is 45.2 Å². The molecule has 42 heavy (non-hydrogen) atoms. The summed E-state index contributed by atoms with van der Waals surface area (Å²) in [5.74, 6) is -1.47. The number of fused-ring (bicyclic) bond motifs is 1. The van der Waals surface area contributed by atoms with Crippen molar-refractivity contribution in [3.8, 4) is 0 Å². The number of nitrogens with zero attached hydrogens (tertiary/aromatic N) is 1. The van der Waals surface area contributed by atoms with E-state index < -0.39 is 35.0 Å². The molecule has 2 amide bonds. The number of anilines is 1. The molecule has 1 saturated carbocycles. The molecule has 4 aromatic rings. The molecule has 1 aliphatic rings. The van der Waals surface area contributed by atoms with Gasteiger partial charge in [-0.3, -0.25) is 24.5 Å². The van der Waals surface area contributed by atoms with Crippen LogP contribution in [0.1, 0.15) is 71.5 Å². The Kier molecular flexibility index (Phi) is 7.80. The Morgan fingerprint density at radius 3 is 2.50 bits per heavy atom. The molecule has 10 heteroatoms. The summed E-state index contributed by atoms with van der Waals surface area (Å²) >= 11 is 0. The number of carbonyl (C=O) groups excluding carboxylic acids is 4. The van der Waals surface area contributed by atoms with Gasteiger partial charge in [0.05, 0.1) is 6.04 Å². The van der Waals surface area contributed by atoms with Crippen molar-refractivity contribution in [1.82, 2.24) is 14.9 Å². The first-order valence-corrected chi connectivity index (χ1v) is 13.7. The third-order valence-electron chi connectivity index (χ3n) is 7.03. The third-order valence-corrected chi connectivity index (χ3v) is 7.03. The van der Waals surface area contributed by atoms with Crippen LogP contribution in [0.4, 0.5) is 10.5 Å². The minimum Gasteiger partial charge on any atom is -0.444 e. The standard InChI is InChI=1S/C32H32N4O6/c1-32(2,3)42-31(41)35-24-10-7-13-36(30(24)40)27(20-11-12-20)23-14-21(15-25-26(23)22(18-37)17-33-25)28(38)29(39)34-16-19-8-5-4-6-9-19/h4-10,13-15,17-18,20,27,33H,11-12,16H2,1-3H3,(H,34,39)(H,35,41). The summed E-state index contributed by atoms with van der Waals surface area (Å²) in [6, 6.07) is 15.0. The smallest absolute Gasteiger partial charge is 0.412 e. The number of Topliss-reactive ketones (excluding diaryl/α,β-unsaturated/α-hetero) is 1. The van der Waals surface area contributed by atoms with Crippen LogP contribution >= 0.6 is 0 Å². The van der Waals surface area contributed by atoms with Gasteiger partial charge in [-0.05, 0) is 74.9 Å². The highest BCUT2D eigenvalue weighted by Gasteiger charge is 2.37. The van der Waals surface area contributed by atoms with Crippen molar-refractivity contribution in [2.75, 3.05) is 5.32 Å². The highest BCUT2D eigenvalue weighted by molar-refractivity contribution is 6.43. The molecule has 0 spiro atoms. The Labute approximate surface area is 242 Å². The van der Waals surface area contributed by atoms with E-state index in [1.165, 1.54) is 16.8 Å². The largest absolute Gasteiger partial charge is 0.444 e. The molecular weight excluding hydrogens is 536 g/mol. The van der Waals surface area contributed by atoms with E-state index in [4.69, 9.17) is 4.74 Å². The Morgan fingerprint density at radius 2 is 1.83 bits per heavy atom. The zero-order valence-electron chi connectivity index (χ0n) is 23.6. The van der Waals surface area contributed by atoms with E-state index in [0.717, 1.165) is 18.4 Å². The predicted molar refractivity (Wildman–Crippen MR) is 158 cm³/mol. The van der Waals surface area contributed by atoms with Crippen LogP contribution in [0.15, 0.2) is 71.8 Å². The molecule has 2 aromatic heterocycles. The second-order valence-corrected chi connectivity index (χ2v) is 11.4. The summed E-state index contributed by atoms with van der Waals surface area (Å²) in [6.45, 7) is 5.36. The quantitative estimate of drug-likeness (QED) is 0.148. The average molecular weight is 569 g/mol. The second kappa shape index (κ2) is 11.5. The van der Waals surface area contributed by atoms with Crippen LogP contribution in [0, 0.1) is 5.92 Å². The average Bonchev–Trinajstić information content (AvgIpc) is 3.70. The van der Waals surface area contributed by atoms with Gasteiger partial charge in [0.1, 0.15) is 11.3 Å². The molecule has 1 unspecified atom stereocenters. The highest BCUT2D eigenvalue weighted by atomic mass is 16.6. The fourth-order valence-corrected chi connectivity index (χ4v) is 5.06. The lowest BCUT2D eigenvalue weighted by Gasteiger charge is -2.23. The second-order valence-electron chi connectivity index (χ2n) is 11.4. The molecule has 0 aliphatic heterocycles. The van der Waals surface area contributed by atoms with E-state index >= 15 is 0 Å². The topological polar surface area (TPSA) is 139 Å². The van der Waals surface area contributed by atoms with Gasteiger partial charge in [0.15, 0.2) is 6.29 Å². The summed E-state index contributed by atoms with van der Waals surface area (Å²) in [7, 11) is 0. The zero-order chi connectivity index (χ0) is 30.0. The fraction of sp³-hybridized carbons (Fsp3) is 0.281. The number of aldehydes is 1. The van der Waals surface area contributed by atoms with Gasteiger partial charge >= 0.3 is 6.09 Å². The minimum atomic E-state index is -0.769. The summed E-state index contributed by atoms with van der Waals surface area (Å²) < 4.78 is 6.82. The van der Waals surface area contributed by atoms with E-state index in [2.05, 4.69) is 15.6 Å². The van der Waals surface area contributed by atoms with Crippen molar-refractivity contribution in [3.63, 3.8) is 0 Å². The van der Waals surface area contributed by atoms with Crippen LogP contribution in [0.2, 0.25) is 0 Å². The number of rotatable bonds is 9. The van der Waals surface area contributed by atoms with Crippen LogP contribution < -0.4 is 16.2 Å². The van der Waals surface area contributed by atoms with Crippen molar-refractivity contribution < 1.29 is 23.9 Å². The molecule has 3 N–H and O–H groups in total. The summed E-state index contributed by atoms with van der Waals surface area (Å²) in [4.78, 5) is 67.3. The number of aromatic amines is 1. The van der Waals surface area contributed by atoms with E-state index in [0.29, 0.717) is 28.3 Å². The number of hydrogen-bond acceptors (Lipinski definition) is 6. The number of amides is 2. The summed E-state index contributed by atoms with van der Waals surface area (Å²) in [6.07, 6.45) is 4.75. The van der Waals surface area contributed by atoms with Gasteiger partial charge in [-0.25, -0.2) is 4.79 Å². The molecule has 2 aromatic carbocycles. The van der Waals surface area contributed by atoms with E-state index in [-0.39, 0.29) is 23.7 Å². The first-order valence-electron chi connectivity index (χ1n) is 13.7. The van der Waals surface area contributed by atoms with Crippen LogP contribution in [0.5, 0.6) is 0 Å². The molecule has 0 bridgehead atoms. The predicted octanol–water partition coefficient (Wildman–Crippen LogP) is 4.99. The van der Waals surface area contributed by atoms with Crippen LogP contribution in [0.25, 0.3) is 10.9 Å². The van der Waals surface area contributed by atoms with Gasteiger partial charge in [-0.15, -0.1) is 0 Å². The number of ether oxygens (including phenoxy) is 1. The maximum Gasteiger partial charge on any atom is 0.412 e. The normalized spacial score (nSPS) is 13.8. The number of ketones is 1. The van der Waals surface area contributed by atoms with Crippen LogP contribution in [0.3, 0.4) is 0 Å². The summed E-state index contributed by atoms with van der Waals surface area (Å²) in [5, 5.41) is 5.77. The SMILES string of the molecule is CC(C)(C)OC(=O)Nc1cccn(C(c2cc(C(=O)C(=O)NCc3ccccc3)cc3[nH]cc(C=O)c23)C2CC2)c1=O. The zero-order valence-corrected chi connectivity index (χ0v) is 23.6. The van der Waals surface area contributed by atoms with Crippen molar-refractivity contribution in [3.05, 3.63) is 99.6 Å². The lowest BCUT2D eigenvalue weighted by molar-refractivity contribution is -0.117. The molecule has 1 fully saturated rings. The molecule has 216 valence electrons. The number of aromatic nitrogens is 2. The summed E-state index contributed by atoms with van der Waals surface area (Å²) in [5.41, 5.74) is 1.23. The Bertz CT molecular complexity index is 1730. The van der Waals surface area contributed by atoms with Gasteiger partial charge in [0, 0.05) is 41.0 Å². The van der Waals surface area contributed by atoms with E-state index in [9.17, 15) is 24.0 Å². The molecule has 5 rings (SSSR count). The van der Waals surface area contributed by atoms with Crippen molar-refractivity contribution >= 4 is 40.7 Å². The van der Waals surface area contributed by atoms with Gasteiger partial charge in [-0.1, -0.05) is 30.3 Å². The first-order chi connectivity index (χ1) is 20.1. The minimum absolute atomic E-state index is 0.0332. The molecule has 10 nitrogen and oxygen atoms in total. The third kappa shape index (κ3) is 6.17. The monoisotopic (exact) mass is 568 g/mol. The number of hydrogen-bond donors (Lipinski definition) is 3. The van der Waals surface area contributed by atoms with Gasteiger partial charge in [0.25, 0.3) is 11.5 Å². The van der Waals surface area contributed by atoms with Crippen molar-refractivity contribution in [1.29, 1.82) is 0 Å². The maximum absolute atomic E-state index is 13.7. The first kappa shape index (κ1) is 28.5. The van der Waals surface area contributed by atoms with Crippen molar-refractivity contribution in [2.45, 2.75) is 51.8 Å². The van der Waals surface area contributed by atoms with Crippen molar-refractivity contribution in [2.24, 2.45) is 5.92 Å². The fourth-order valence-electron chi connectivity index (χ4n) is 5.06.